The molecular weight excluding hydrogens is 241 g/mol. The van der Waals surface area contributed by atoms with Crippen LogP contribution in [0.3, 0.4) is 0 Å². The first-order valence-electron chi connectivity index (χ1n) is 5.46. The average molecular weight is 255 g/mol. The Kier molecular flexibility index (Phi) is 3.66. The molecule has 1 aromatic heterocycles. The third kappa shape index (κ3) is 3.43. The molecule has 92 valence electrons. The molecule has 1 fully saturated rings. The topological polar surface area (TPSA) is 39.2 Å². The van der Waals surface area contributed by atoms with Gasteiger partial charge in [-0.25, -0.2) is 4.98 Å². The van der Waals surface area contributed by atoms with Crippen molar-refractivity contribution >= 4 is 17.7 Å². The van der Waals surface area contributed by atoms with Crippen LogP contribution < -0.4 is 0 Å². The van der Waals surface area contributed by atoms with E-state index in [4.69, 9.17) is 0 Å². The van der Waals surface area contributed by atoms with E-state index in [-0.39, 0.29) is 11.4 Å². The monoisotopic (exact) mass is 255 g/mol. The number of pyridine rings is 1. The van der Waals surface area contributed by atoms with Crippen LogP contribution in [0.5, 0.6) is 0 Å². The maximum Gasteiger partial charge on any atom is 0.306 e. The van der Waals surface area contributed by atoms with Gasteiger partial charge in [-0.15, -0.1) is 11.8 Å². The second kappa shape index (κ2) is 5.04. The zero-order valence-corrected chi connectivity index (χ0v) is 10.4. The average Bonchev–Trinajstić information content (AvgIpc) is 3.07. The van der Waals surface area contributed by atoms with Crippen LogP contribution in [0.25, 0.3) is 0 Å². The molecular formula is C12H14FNO2S. The summed E-state index contributed by atoms with van der Waals surface area (Å²) in [6, 6.07) is 4.75. The molecule has 17 heavy (non-hydrogen) atoms. The highest BCUT2D eigenvalue weighted by molar-refractivity contribution is 7.99. The molecule has 2 rings (SSSR count). The number of hydrogen-bond donors (Lipinski definition) is 0. The van der Waals surface area contributed by atoms with Gasteiger partial charge < -0.3 is 4.74 Å². The highest BCUT2D eigenvalue weighted by atomic mass is 32.2. The summed E-state index contributed by atoms with van der Waals surface area (Å²) in [4.78, 5) is 15.0. The summed E-state index contributed by atoms with van der Waals surface area (Å²) in [5.41, 5.74) is 0.0474. The van der Waals surface area contributed by atoms with E-state index in [0.29, 0.717) is 11.4 Å². The minimum atomic E-state index is -0.465. The Morgan fingerprint density at radius 1 is 1.59 bits per heavy atom. The standard InChI is InChI=1S/C12H14FNO2S/c1-16-11(15)7-12(5-6-12)8-17-10-4-2-3-9(13)14-10/h2-4H,5-8H2,1H3. The number of rotatable bonds is 5. The van der Waals surface area contributed by atoms with E-state index < -0.39 is 5.95 Å². The summed E-state index contributed by atoms with van der Waals surface area (Å²) in [7, 11) is 1.40. The highest BCUT2D eigenvalue weighted by Gasteiger charge is 2.44. The van der Waals surface area contributed by atoms with Crippen LogP contribution >= 0.6 is 11.8 Å². The van der Waals surface area contributed by atoms with Gasteiger partial charge in [-0.2, -0.15) is 4.39 Å². The van der Waals surface area contributed by atoms with Crippen LogP contribution in [0, 0.1) is 11.4 Å². The summed E-state index contributed by atoms with van der Waals surface area (Å²) in [6.45, 7) is 0. The second-order valence-corrected chi connectivity index (χ2v) is 5.34. The van der Waals surface area contributed by atoms with Crippen LogP contribution in [0.2, 0.25) is 0 Å². The third-order valence-electron chi connectivity index (χ3n) is 2.92. The van der Waals surface area contributed by atoms with Gasteiger partial charge in [-0.1, -0.05) is 6.07 Å². The maximum absolute atomic E-state index is 12.9. The molecule has 1 aliphatic carbocycles. The number of methoxy groups -OCH3 is 1. The fourth-order valence-electron chi connectivity index (χ4n) is 1.62. The molecule has 1 heterocycles. The molecule has 0 atom stereocenters. The number of carbonyl (C=O) groups is 1. The van der Waals surface area contributed by atoms with Crippen molar-refractivity contribution in [2.24, 2.45) is 5.41 Å². The van der Waals surface area contributed by atoms with Gasteiger partial charge in [0.05, 0.1) is 18.6 Å². The van der Waals surface area contributed by atoms with Gasteiger partial charge in [0, 0.05) is 5.75 Å². The molecule has 0 N–H and O–H groups in total. The summed E-state index contributed by atoms with van der Waals surface area (Å²) >= 11 is 1.50. The number of ether oxygens (including phenoxy) is 1. The molecule has 0 spiro atoms. The van der Waals surface area contributed by atoms with Gasteiger partial charge in [-0.05, 0) is 30.4 Å². The number of nitrogens with zero attached hydrogens (tertiary/aromatic N) is 1. The summed E-state index contributed by atoms with van der Waals surface area (Å²) in [6.07, 6.45) is 2.51. The SMILES string of the molecule is COC(=O)CC1(CSc2cccc(F)n2)CC1. The lowest BCUT2D eigenvalue weighted by Gasteiger charge is -2.12. The predicted octanol–water partition coefficient (Wildman–Crippen LogP) is 2.66. The molecule has 0 saturated heterocycles. The van der Waals surface area contributed by atoms with Crippen LogP contribution in [-0.2, 0) is 9.53 Å². The van der Waals surface area contributed by atoms with Crippen LogP contribution in [0.4, 0.5) is 4.39 Å². The van der Waals surface area contributed by atoms with Crippen molar-refractivity contribution in [3.8, 4) is 0 Å². The molecule has 0 aliphatic heterocycles. The minimum absolute atomic E-state index is 0.0474. The Bertz CT molecular complexity index is 421. The molecule has 1 saturated carbocycles. The van der Waals surface area contributed by atoms with E-state index >= 15 is 0 Å². The number of esters is 1. The van der Waals surface area contributed by atoms with E-state index in [2.05, 4.69) is 9.72 Å². The molecule has 3 nitrogen and oxygen atoms in total. The maximum atomic E-state index is 12.9. The van der Waals surface area contributed by atoms with Crippen molar-refractivity contribution in [2.45, 2.75) is 24.3 Å². The molecule has 5 heteroatoms. The Morgan fingerprint density at radius 3 is 2.94 bits per heavy atom. The zero-order valence-electron chi connectivity index (χ0n) is 9.61. The number of halogens is 1. The Balaban J connectivity index is 1.88. The van der Waals surface area contributed by atoms with Crippen molar-refractivity contribution in [1.82, 2.24) is 4.98 Å². The lowest BCUT2D eigenvalue weighted by molar-refractivity contribution is -0.141. The molecule has 1 aliphatic rings. The Labute approximate surface area is 104 Å². The molecule has 0 unspecified atom stereocenters. The molecule has 0 amide bonds. The first-order valence-corrected chi connectivity index (χ1v) is 6.44. The first kappa shape index (κ1) is 12.4. The number of aromatic nitrogens is 1. The smallest absolute Gasteiger partial charge is 0.306 e. The van der Waals surface area contributed by atoms with E-state index in [0.717, 1.165) is 18.6 Å². The summed E-state index contributed by atoms with van der Waals surface area (Å²) in [5, 5.41) is 0.668. The van der Waals surface area contributed by atoms with Gasteiger partial charge in [-0.3, -0.25) is 4.79 Å². The molecule has 0 bridgehead atoms. The lowest BCUT2D eigenvalue weighted by Crippen LogP contribution is -2.13. The van der Waals surface area contributed by atoms with Gasteiger partial charge in [0.25, 0.3) is 0 Å². The van der Waals surface area contributed by atoms with Crippen molar-refractivity contribution in [1.29, 1.82) is 0 Å². The number of thioether (sulfide) groups is 1. The van der Waals surface area contributed by atoms with Gasteiger partial charge in [0.15, 0.2) is 0 Å². The number of hydrogen-bond acceptors (Lipinski definition) is 4. The number of carbonyl (C=O) groups excluding carboxylic acids is 1. The zero-order chi connectivity index (χ0) is 12.3. The van der Waals surface area contributed by atoms with Crippen LogP contribution in [0.15, 0.2) is 23.2 Å². The summed E-state index contributed by atoms with van der Waals surface area (Å²) < 4.78 is 17.5. The molecule has 0 radical (unpaired) electrons. The third-order valence-corrected chi connectivity index (χ3v) is 4.20. The first-order chi connectivity index (χ1) is 8.13. The predicted molar refractivity (Wildman–Crippen MR) is 63.2 cm³/mol. The van der Waals surface area contributed by atoms with E-state index in [1.807, 2.05) is 0 Å². The van der Waals surface area contributed by atoms with Crippen LogP contribution in [0.1, 0.15) is 19.3 Å². The fraction of sp³-hybridized carbons (Fsp3) is 0.500. The van der Waals surface area contributed by atoms with Crippen LogP contribution in [-0.4, -0.2) is 23.8 Å². The second-order valence-electron chi connectivity index (χ2n) is 4.34. The largest absolute Gasteiger partial charge is 0.469 e. The lowest BCUT2D eigenvalue weighted by atomic mass is 10.1. The van der Waals surface area contributed by atoms with E-state index in [1.165, 1.54) is 24.9 Å². The minimum Gasteiger partial charge on any atom is -0.469 e. The van der Waals surface area contributed by atoms with Crippen molar-refractivity contribution < 1.29 is 13.9 Å². The van der Waals surface area contributed by atoms with Gasteiger partial charge in [0.2, 0.25) is 5.95 Å². The molecule has 0 aromatic carbocycles. The molecule has 1 aromatic rings. The van der Waals surface area contributed by atoms with E-state index in [1.54, 1.807) is 12.1 Å². The van der Waals surface area contributed by atoms with Crippen molar-refractivity contribution in [3.05, 3.63) is 24.1 Å². The quantitative estimate of drug-likeness (QED) is 0.460. The van der Waals surface area contributed by atoms with Gasteiger partial charge in [0.1, 0.15) is 0 Å². The van der Waals surface area contributed by atoms with Crippen molar-refractivity contribution in [3.63, 3.8) is 0 Å². The normalized spacial score (nSPS) is 16.6. The summed E-state index contributed by atoms with van der Waals surface area (Å²) in [5.74, 6) is 0.154. The van der Waals surface area contributed by atoms with E-state index in [9.17, 15) is 9.18 Å². The Hall–Kier alpha value is -1.10. The van der Waals surface area contributed by atoms with Crippen molar-refractivity contribution in [2.75, 3.05) is 12.9 Å². The van der Waals surface area contributed by atoms with Gasteiger partial charge >= 0.3 is 5.97 Å². The Morgan fingerprint density at radius 2 is 2.35 bits per heavy atom. The highest BCUT2D eigenvalue weighted by Crippen LogP contribution is 2.51. The fourth-order valence-corrected chi connectivity index (χ4v) is 2.80.